The predicted octanol–water partition coefficient (Wildman–Crippen LogP) is 3.70. The van der Waals surface area contributed by atoms with E-state index in [0.717, 1.165) is 6.07 Å². The molecule has 0 aromatic heterocycles. The smallest absolute Gasteiger partial charge is 0.419 e. The lowest BCUT2D eigenvalue weighted by Crippen LogP contribution is -2.41. The Bertz CT molecular complexity index is 1310. The summed E-state index contributed by atoms with van der Waals surface area (Å²) in [4.78, 5) is 28.1. The highest BCUT2D eigenvalue weighted by Crippen LogP contribution is 2.43. The number of para-hydroxylation sites is 1. The minimum absolute atomic E-state index is 0.0839. The Balaban J connectivity index is 1.82. The first-order valence-corrected chi connectivity index (χ1v) is 11.2. The Morgan fingerprint density at radius 3 is 2.49 bits per heavy atom. The SMILES string of the molecule is COc1ccc(CN2C(=O)COc3c(cccc3C(F)(F)F)C2C(=O)Nc2ccc([NH3+])cc2)c(OC)c1. The average Bonchev–Trinajstić information content (AvgIpc) is 3.01. The first-order valence-electron chi connectivity index (χ1n) is 11.2. The molecule has 1 heterocycles. The second kappa shape index (κ2) is 10.4. The van der Waals surface area contributed by atoms with Crippen LogP contribution in [-0.4, -0.2) is 37.5 Å². The molecule has 3 aromatic rings. The van der Waals surface area contributed by atoms with Gasteiger partial charge in [0.05, 0.1) is 26.3 Å². The molecule has 1 atom stereocenters. The van der Waals surface area contributed by atoms with Crippen molar-refractivity contribution in [3.8, 4) is 17.2 Å². The summed E-state index contributed by atoms with van der Waals surface area (Å²) in [5.41, 5.74) is 4.27. The minimum atomic E-state index is -4.76. The molecule has 4 rings (SSSR count). The Morgan fingerprint density at radius 1 is 1.11 bits per heavy atom. The molecule has 37 heavy (non-hydrogen) atoms. The maximum atomic E-state index is 13.8. The lowest BCUT2D eigenvalue weighted by molar-refractivity contribution is -0.254. The van der Waals surface area contributed by atoms with Crippen molar-refractivity contribution in [2.45, 2.75) is 18.8 Å². The van der Waals surface area contributed by atoms with Crippen molar-refractivity contribution in [3.63, 3.8) is 0 Å². The number of ether oxygens (including phenoxy) is 3. The van der Waals surface area contributed by atoms with E-state index in [1.807, 2.05) is 0 Å². The first kappa shape index (κ1) is 25.8. The van der Waals surface area contributed by atoms with E-state index >= 15 is 0 Å². The monoisotopic (exact) mass is 516 g/mol. The third-order valence-corrected chi connectivity index (χ3v) is 5.92. The number of hydrogen-bond donors (Lipinski definition) is 2. The van der Waals surface area contributed by atoms with E-state index in [4.69, 9.17) is 14.2 Å². The maximum Gasteiger partial charge on any atom is 0.419 e. The summed E-state index contributed by atoms with van der Waals surface area (Å²) in [5, 5.41) is 2.70. The number of nitrogens with zero attached hydrogens (tertiary/aromatic N) is 1. The van der Waals surface area contributed by atoms with Gasteiger partial charge in [-0.05, 0) is 30.3 Å². The van der Waals surface area contributed by atoms with Crippen LogP contribution in [-0.2, 0) is 22.3 Å². The Kier molecular flexibility index (Phi) is 7.25. The van der Waals surface area contributed by atoms with Gasteiger partial charge in [0.15, 0.2) is 6.61 Å². The molecule has 0 fully saturated rings. The standard InChI is InChI=1S/C26H24F3N3O5/c1-35-18-11-6-15(21(12-18)36-2)13-32-22(33)14-37-24-19(4-3-5-20(24)26(27,28)29)23(32)25(34)31-17-9-7-16(30)8-10-17/h3-12,23H,13-14,30H2,1-2H3,(H,31,34)/p+1. The van der Waals surface area contributed by atoms with Gasteiger partial charge in [-0.15, -0.1) is 0 Å². The summed E-state index contributed by atoms with van der Waals surface area (Å²) in [6.07, 6.45) is -4.76. The van der Waals surface area contributed by atoms with Crippen molar-refractivity contribution in [2.24, 2.45) is 0 Å². The Morgan fingerprint density at radius 2 is 1.84 bits per heavy atom. The van der Waals surface area contributed by atoms with Gasteiger partial charge in [-0.25, -0.2) is 0 Å². The fraction of sp³-hybridized carbons (Fsp3) is 0.231. The zero-order valence-electron chi connectivity index (χ0n) is 20.1. The molecule has 2 amide bonds. The van der Waals surface area contributed by atoms with E-state index in [2.05, 4.69) is 11.1 Å². The normalized spacial score (nSPS) is 15.4. The van der Waals surface area contributed by atoms with Crippen molar-refractivity contribution < 1.29 is 42.7 Å². The molecular formula is C26H25F3N3O5+. The number of carbonyl (C=O) groups excluding carboxylic acids is 2. The Labute approximate surface area is 210 Å². The zero-order chi connectivity index (χ0) is 26.7. The largest absolute Gasteiger partial charge is 0.497 e. The molecule has 0 saturated carbocycles. The van der Waals surface area contributed by atoms with Crippen molar-refractivity contribution >= 4 is 23.2 Å². The molecule has 0 radical (unpaired) electrons. The average molecular weight is 516 g/mol. The molecule has 3 aromatic carbocycles. The number of benzene rings is 3. The molecule has 4 N–H and O–H groups in total. The molecule has 0 bridgehead atoms. The van der Waals surface area contributed by atoms with Crippen LogP contribution in [0.25, 0.3) is 0 Å². The lowest BCUT2D eigenvalue weighted by Gasteiger charge is -2.30. The summed E-state index contributed by atoms with van der Waals surface area (Å²) in [5.74, 6) is -1.04. The second-order valence-corrected chi connectivity index (χ2v) is 8.30. The van der Waals surface area contributed by atoms with Gasteiger partial charge in [0.1, 0.15) is 29.0 Å². The number of nitrogens with one attached hydrogen (secondary N) is 1. The molecule has 11 heteroatoms. The van der Waals surface area contributed by atoms with Crippen LogP contribution in [0.1, 0.15) is 22.7 Å². The molecule has 8 nitrogen and oxygen atoms in total. The minimum Gasteiger partial charge on any atom is -0.497 e. The van der Waals surface area contributed by atoms with Crippen molar-refractivity contribution in [2.75, 3.05) is 26.1 Å². The summed E-state index contributed by atoms with van der Waals surface area (Å²) in [6, 6.07) is 13.5. The van der Waals surface area contributed by atoms with Crippen LogP contribution < -0.4 is 25.3 Å². The predicted molar refractivity (Wildman–Crippen MR) is 127 cm³/mol. The number of amides is 2. The number of anilines is 1. The highest BCUT2D eigenvalue weighted by atomic mass is 19.4. The van der Waals surface area contributed by atoms with Gasteiger partial charge in [-0.3, -0.25) is 9.59 Å². The van der Waals surface area contributed by atoms with Gasteiger partial charge in [-0.1, -0.05) is 12.1 Å². The number of quaternary nitrogens is 1. The molecular weight excluding hydrogens is 491 g/mol. The molecule has 1 unspecified atom stereocenters. The second-order valence-electron chi connectivity index (χ2n) is 8.30. The fourth-order valence-electron chi connectivity index (χ4n) is 4.11. The van der Waals surface area contributed by atoms with Gasteiger partial charge in [-0.2, -0.15) is 13.2 Å². The topological polar surface area (TPSA) is 105 Å². The van der Waals surface area contributed by atoms with E-state index in [9.17, 15) is 22.8 Å². The van der Waals surface area contributed by atoms with Gasteiger partial charge >= 0.3 is 6.18 Å². The number of hydrogen-bond acceptors (Lipinski definition) is 5. The van der Waals surface area contributed by atoms with Gasteiger partial charge in [0.25, 0.3) is 11.8 Å². The summed E-state index contributed by atoms with van der Waals surface area (Å²) in [6.45, 7) is -0.820. The van der Waals surface area contributed by atoms with Crippen LogP contribution in [0.3, 0.4) is 0 Å². The number of methoxy groups -OCH3 is 2. The maximum absolute atomic E-state index is 13.8. The molecule has 0 spiro atoms. The number of fused-ring (bicyclic) bond motifs is 1. The quantitative estimate of drug-likeness (QED) is 0.520. The van der Waals surface area contributed by atoms with Crippen LogP contribution in [0.4, 0.5) is 24.5 Å². The third kappa shape index (κ3) is 5.46. The van der Waals surface area contributed by atoms with E-state index in [1.54, 1.807) is 42.5 Å². The fourth-order valence-corrected chi connectivity index (χ4v) is 4.11. The highest BCUT2D eigenvalue weighted by molar-refractivity contribution is 5.99. The van der Waals surface area contributed by atoms with Gasteiger partial charge in [0.2, 0.25) is 0 Å². The van der Waals surface area contributed by atoms with E-state index in [0.29, 0.717) is 28.4 Å². The van der Waals surface area contributed by atoms with E-state index in [-0.39, 0.29) is 12.1 Å². The number of alkyl halides is 3. The van der Waals surface area contributed by atoms with Gasteiger partial charge < -0.3 is 30.2 Å². The van der Waals surface area contributed by atoms with Crippen LogP contribution in [0.2, 0.25) is 0 Å². The first-order chi connectivity index (χ1) is 17.6. The van der Waals surface area contributed by atoms with E-state index in [1.165, 1.54) is 31.3 Å². The van der Waals surface area contributed by atoms with Crippen molar-refractivity contribution in [3.05, 3.63) is 77.4 Å². The molecule has 0 saturated heterocycles. The van der Waals surface area contributed by atoms with Gasteiger partial charge in [0, 0.05) is 35.0 Å². The summed E-state index contributed by atoms with van der Waals surface area (Å²) < 4.78 is 57.5. The van der Waals surface area contributed by atoms with Crippen LogP contribution in [0.15, 0.2) is 60.7 Å². The lowest BCUT2D eigenvalue weighted by atomic mass is 9.99. The van der Waals surface area contributed by atoms with Crippen molar-refractivity contribution in [1.29, 1.82) is 0 Å². The Hall–Kier alpha value is -4.25. The number of halogens is 3. The summed E-state index contributed by atoms with van der Waals surface area (Å²) >= 11 is 0. The highest BCUT2D eigenvalue weighted by Gasteiger charge is 2.42. The third-order valence-electron chi connectivity index (χ3n) is 5.92. The molecule has 0 aliphatic carbocycles. The summed E-state index contributed by atoms with van der Waals surface area (Å²) in [7, 11) is 2.92. The van der Waals surface area contributed by atoms with Crippen LogP contribution in [0.5, 0.6) is 17.2 Å². The zero-order valence-corrected chi connectivity index (χ0v) is 20.1. The van der Waals surface area contributed by atoms with Crippen molar-refractivity contribution in [1.82, 2.24) is 4.90 Å². The molecule has 1 aliphatic heterocycles. The van der Waals surface area contributed by atoms with E-state index < -0.39 is 42.0 Å². The van der Waals surface area contributed by atoms with Crippen LogP contribution >= 0.6 is 0 Å². The molecule has 194 valence electrons. The number of rotatable bonds is 6. The van der Waals surface area contributed by atoms with Crippen LogP contribution in [0, 0.1) is 0 Å². The molecule has 1 aliphatic rings. The number of carbonyl (C=O) groups is 2.